The number of hydrogen-bond acceptors (Lipinski definition) is 3. The van der Waals surface area contributed by atoms with Gasteiger partial charge in [0.2, 0.25) is 0 Å². The van der Waals surface area contributed by atoms with Crippen molar-refractivity contribution in [3.05, 3.63) is 0 Å². The van der Waals surface area contributed by atoms with E-state index in [2.05, 4.69) is 0 Å². The molecule has 2 aliphatic carbocycles. The third-order valence-electron chi connectivity index (χ3n) is 4.17. The van der Waals surface area contributed by atoms with Gasteiger partial charge in [-0.1, -0.05) is 12.8 Å². The number of nitrogens with two attached hydrogens (primary N) is 1. The van der Waals surface area contributed by atoms with E-state index >= 15 is 0 Å². The summed E-state index contributed by atoms with van der Waals surface area (Å²) < 4.78 is 24.4. The minimum absolute atomic E-state index is 0.0899. The Hall–Kier alpha value is -0.0900. The molecule has 0 aromatic heterocycles. The minimum Gasteiger partial charge on any atom is -0.328 e. The molecule has 0 aromatic carbocycles. The Kier molecular flexibility index (Phi) is 3.90. The molecule has 2 fully saturated rings. The van der Waals surface area contributed by atoms with E-state index in [1.165, 1.54) is 12.8 Å². The molecular weight excluding hydrogens is 222 g/mol. The number of rotatable bonds is 3. The predicted molar refractivity (Wildman–Crippen MR) is 66.0 cm³/mol. The molecule has 0 aromatic rings. The van der Waals surface area contributed by atoms with Crippen molar-refractivity contribution in [2.45, 2.75) is 62.7 Å². The molecule has 0 saturated heterocycles. The topological polar surface area (TPSA) is 60.2 Å². The van der Waals surface area contributed by atoms with Gasteiger partial charge in [0.1, 0.15) is 0 Å². The molecule has 0 spiro atoms. The molecular formula is C12H23NO2S. The zero-order valence-electron chi connectivity index (χ0n) is 9.90. The van der Waals surface area contributed by atoms with Gasteiger partial charge in [0.05, 0.1) is 11.0 Å². The highest BCUT2D eigenvalue weighted by Gasteiger charge is 2.32. The molecule has 0 radical (unpaired) electrons. The normalized spacial score (nSPS) is 33.1. The average molecular weight is 245 g/mol. The Labute approximate surface area is 98.7 Å². The van der Waals surface area contributed by atoms with E-state index in [4.69, 9.17) is 5.73 Å². The van der Waals surface area contributed by atoms with Crippen LogP contribution in [0, 0.1) is 5.92 Å². The highest BCUT2D eigenvalue weighted by atomic mass is 32.2. The van der Waals surface area contributed by atoms with Crippen LogP contribution >= 0.6 is 0 Å². The lowest BCUT2D eigenvalue weighted by molar-refractivity contribution is 0.430. The standard InChI is InChI=1S/C12H23NO2S/c13-11-5-7-12(8-6-11)16(14,15)9-10-3-1-2-4-10/h10-12H,1-9,13H2. The summed E-state index contributed by atoms with van der Waals surface area (Å²) in [5.74, 6) is 0.882. The van der Waals surface area contributed by atoms with Crippen molar-refractivity contribution in [3.8, 4) is 0 Å². The summed E-state index contributed by atoms with van der Waals surface area (Å²) in [6.45, 7) is 0. The zero-order valence-corrected chi connectivity index (χ0v) is 10.7. The van der Waals surface area contributed by atoms with Gasteiger partial charge >= 0.3 is 0 Å². The van der Waals surface area contributed by atoms with Crippen molar-refractivity contribution in [1.29, 1.82) is 0 Å². The van der Waals surface area contributed by atoms with Gasteiger partial charge in [0.25, 0.3) is 0 Å². The number of hydrogen-bond donors (Lipinski definition) is 1. The van der Waals surface area contributed by atoms with E-state index in [9.17, 15) is 8.42 Å². The van der Waals surface area contributed by atoms with Crippen LogP contribution in [-0.2, 0) is 9.84 Å². The average Bonchev–Trinajstić information content (AvgIpc) is 2.70. The SMILES string of the molecule is NC1CCC(S(=O)(=O)CC2CCCC2)CC1. The Morgan fingerprint density at radius 3 is 2.06 bits per heavy atom. The quantitative estimate of drug-likeness (QED) is 0.825. The van der Waals surface area contributed by atoms with Crippen LogP contribution < -0.4 is 5.73 Å². The molecule has 2 saturated carbocycles. The highest BCUT2D eigenvalue weighted by molar-refractivity contribution is 7.92. The molecule has 0 heterocycles. The smallest absolute Gasteiger partial charge is 0.153 e. The Balaban J connectivity index is 1.90. The van der Waals surface area contributed by atoms with Crippen molar-refractivity contribution in [2.24, 2.45) is 11.7 Å². The first kappa shape index (κ1) is 12.4. The molecule has 16 heavy (non-hydrogen) atoms. The van der Waals surface area contributed by atoms with E-state index in [-0.39, 0.29) is 11.3 Å². The molecule has 0 aliphatic heterocycles. The van der Waals surface area contributed by atoms with E-state index in [0.29, 0.717) is 11.7 Å². The minimum atomic E-state index is -2.85. The summed E-state index contributed by atoms with van der Waals surface area (Å²) in [4.78, 5) is 0. The molecule has 0 bridgehead atoms. The Bertz CT molecular complexity index is 312. The van der Waals surface area contributed by atoms with Crippen LogP contribution in [0.4, 0.5) is 0 Å². The number of sulfone groups is 1. The predicted octanol–water partition coefficient (Wildman–Crippen LogP) is 1.86. The van der Waals surface area contributed by atoms with Crippen molar-refractivity contribution < 1.29 is 8.42 Å². The zero-order chi connectivity index (χ0) is 11.6. The lowest BCUT2D eigenvalue weighted by Gasteiger charge is -2.26. The monoisotopic (exact) mass is 245 g/mol. The first-order chi connectivity index (χ1) is 7.58. The molecule has 3 nitrogen and oxygen atoms in total. The largest absolute Gasteiger partial charge is 0.328 e. The molecule has 2 N–H and O–H groups in total. The Morgan fingerprint density at radius 1 is 0.938 bits per heavy atom. The van der Waals surface area contributed by atoms with Gasteiger partial charge in [-0.05, 0) is 44.4 Å². The summed E-state index contributed by atoms with van der Waals surface area (Å²) in [5, 5.41) is -0.0899. The fourth-order valence-electron chi connectivity index (χ4n) is 3.09. The van der Waals surface area contributed by atoms with Crippen molar-refractivity contribution in [1.82, 2.24) is 0 Å². The molecule has 94 valence electrons. The molecule has 2 rings (SSSR count). The fourth-order valence-corrected chi connectivity index (χ4v) is 5.34. The van der Waals surface area contributed by atoms with Crippen LogP contribution in [0.2, 0.25) is 0 Å². The second kappa shape index (κ2) is 5.05. The van der Waals surface area contributed by atoms with E-state index in [0.717, 1.165) is 38.5 Å². The second-order valence-corrected chi connectivity index (χ2v) is 7.84. The summed E-state index contributed by atoms with van der Waals surface area (Å²) in [6.07, 6.45) is 8.01. The van der Waals surface area contributed by atoms with Crippen LogP contribution in [0.1, 0.15) is 51.4 Å². The third-order valence-corrected chi connectivity index (χ3v) is 6.59. The van der Waals surface area contributed by atoms with Crippen LogP contribution in [0.3, 0.4) is 0 Å². The summed E-state index contributed by atoms with van der Waals surface area (Å²) in [5.41, 5.74) is 5.81. The van der Waals surface area contributed by atoms with Crippen LogP contribution in [0.5, 0.6) is 0 Å². The molecule has 2 aliphatic rings. The molecule has 0 amide bonds. The second-order valence-electron chi connectivity index (χ2n) is 5.52. The van der Waals surface area contributed by atoms with Crippen molar-refractivity contribution >= 4 is 9.84 Å². The van der Waals surface area contributed by atoms with E-state index in [1.807, 2.05) is 0 Å². The maximum Gasteiger partial charge on any atom is 0.153 e. The first-order valence-electron chi connectivity index (χ1n) is 6.55. The van der Waals surface area contributed by atoms with Gasteiger partial charge < -0.3 is 5.73 Å². The maximum absolute atomic E-state index is 12.2. The lowest BCUT2D eigenvalue weighted by Crippen LogP contribution is -2.35. The maximum atomic E-state index is 12.2. The van der Waals surface area contributed by atoms with E-state index in [1.54, 1.807) is 0 Å². The van der Waals surface area contributed by atoms with E-state index < -0.39 is 9.84 Å². The van der Waals surface area contributed by atoms with Gasteiger partial charge in [-0.2, -0.15) is 0 Å². The molecule has 0 unspecified atom stereocenters. The van der Waals surface area contributed by atoms with Gasteiger partial charge in [-0.15, -0.1) is 0 Å². The summed E-state index contributed by atoms with van der Waals surface area (Å²) in [6, 6.07) is 0.234. The summed E-state index contributed by atoms with van der Waals surface area (Å²) >= 11 is 0. The summed E-state index contributed by atoms with van der Waals surface area (Å²) in [7, 11) is -2.85. The van der Waals surface area contributed by atoms with Gasteiger partial charge in [-0.3, -0.25) is 0 Å². The van der Waals surface area contributed by atoms with Crippen LogP contribution in [0.25, 0.3) is 0 Å². The molecule has 4 heteroatoms. The van der Waals surface area contributed by atoms with Gasteiger partial charge in [-0.25, -0.2) is 8.42 Å². The van der Waals surface area contributed by atoms with Gasteiger partial charge in [0.15, 0.2) is 9.84 Å². The van der Waals surface area contributed by atoms with Crippen LogP contribution in [0.15, 0.2) is 0 Å². The third kappa shape index (κ3) is 2.98. The van der Waals surface area contributed by atoms with Crippen molar-refractivity contribution in [3.63, 3.8) is 0 Å². The van der Waals surface area contributed by atoms with Crippen molar-refractivity contribution in [2.75, 3.05) is 5.75 Å². The Morgan fingerprint density at radius 2 is 1.50 bits per heavy atom. The highest BCUT2D eigenvalue weighted by Crippen LogP contribution is 2.30. The van der Waals surface area contributed by atoms with Gasteiger partial charge in [0, 0.05) is 6.04 Å². The van der Waals surface area contributed by atoms with Crippen LogP contribution in [-0.4, -0.2) is 25.5 Å². The first-order valence-corrected chi connectivity index (χ1v) is 8.26. The fraction of sp³-hybridized carbons (Fsp3) is 1.00. The lowest BCUT2D eigenvalue weighted by atomic mass is 9.96. The molecule has 0 atom stereocenters.